The maximum atomic E-state index is 11.7. The van der Waals surface area contributed by atoms with Crippen LogP contribution >= 0.6 is 0 Å². The highest BCUT2D eigenvalue weighted by atomic mass is 16.4. The number of nitrogens with zero attached hydrogens (tertiary/aromatic N) is 5. The highest BCUT2D eigenvalue weighted by molar-refractivity contribution is 5.77. The van der Waals surface area contributed by atoms with Crippen molar-refractivity contribution < 1.29 is 9.90 Å². The van der Waals surface area contributed by atoms with Gasteiger partial charge in [-0.2, -0.15) is 0 Å². The summed E-state index contributed by atoms with van der Waals surface area (Å²) in [5.41, 5.74) is -0.568. The van der Waals surface area contributed by atoms with E-state index in [1.165, 1.54) is 0 Å². The van der Waals surface area contributed by atoms with Crippen LogP contribution in [0.3, 0.4) is 0 Å². The van der Waals surface area contributed by atoms with Crippen molar-refractivity contribution in [1.82, 2.24) is 24.6 Å². The highest BCUT2D eigenvalue weighted by Crippen LogP contribution is 2.42. The van der Waals surface area contributed by atoms with Crippen molar-refractivity contribution in [3.8, 4) is 0 Å². The van der Waals surface area contributed by atoms with E-state index in [0.717, 1.165) is 26.2 Å². The molecule has 1 aromatic heterocycles. The number of likely N-dealkylation sites (tertiary alicyclic amines) is 2. The number of aromatic nitrogens is 3. The molecule has 0 radical (unpaired) electrons. The first-order valence-corrected chi connectivity index (χ1v) is 6.57. The third-order valence-electron chi connectivity index (χ3n) is 4.42. The molecule has 2 atom stereocenters. The number of rotatable bonds is 4. The van der Waals surface area contributed by atoms with Gasteiger partial charge in [-0.05, 0) is 7.05 Å². The quantitative estimate of drug-likeness (QED) is 0.770. The van der Waals surface area contributed by atoms with Crippen LogP contribution in [-0.4, -0.2) is 75.4 Å². The zero-order valence-corrected chi connectivity index (χ0v) is 11.1. The van der Waals surface area contributed by atoms with Crippen LogP contribution in [0.1, 0.15) is 0 Å². The summed E-state index contributed by atoms with van der Waals surface area (Å²) in [5.74, 6) is -0.399. The average Bonchev–Trinajstić information content (AvgIpc) is 2.99. The molecule has 0 saturated carbocycles. The maximum absolute atomic E-state index is 11.7. The fourth-order valence-electron chi connectivity index (χ4n) is 3.49. The summed E-state index contributed by atoms with van der Waals surface area (Å²) in [6, 6.07) is 0. The number of fused-ring (bicyclic) bond motifs is 1. The van der Waals surface area contributed by atoms with E-state index in [1.54, 1.807) is 12.7 Å². The van der Waals surface area contributed by atoms with Crippen LogP contribution in [0.4, 0.5) is 0 Å². The summed E-state index contributed by atoms with van der Waals surface area (Å²) >= 11 is 0. The summed E-state index contributed by atoms with van der Waals surface area (Å²) in [7, 11) is 2.00. The molecule has 0 spiro atoms. The lowest BCUT2D eigenvalue weighted by molar-refractivity contribution is -0.148. The van der Waals surface area contributed by atoms with Gasteiger partial charge in [0.05, 0.1) is 5.41 Å². The minimum atomic E-state index is -0.645. The molecule has 0 bridgehead atoms. The van der Waals surface area contributed by atoms with E-state index in [1.807, 2.05) is 11.6 Å². The van der Waals surface area contributed by atoms with Crippen molar-refractivity contribution in [1.29, 1.82) is 0 Å². The third-order valence-corrected chi connectivity index (χ3v) is 4.42. The predicted molar refractivity (Wildman–Crippen MR) is 67.5 cm³/mol. The minimum absolute atomic E-state index is 0.246. The topological polar surface area (TPSA) is 74.5 Å². The normalized spacial score (nSPS) is 31.7. The van der Waals surface area contributed by atoms with E-state index in [2.05, 4.69) is 20.0 Å². The monoisotopic (exact) mass is 265 g/mol. The van der Waals surface area contributed by atoms with Crippen LogP contribution < -0.4 is 0 Å². The zero-order valence-electron chi connectivity index (χ0n) is 11.1. The Hall–Kier alpha value is -1.47. The van der Waals surface area contributed by atoms with Crippen LogP contribution in [0, 0.1) is 11.3 Å². The first-order valence-electron chi connectivity index (χ1n) is 6.57. The SMILES string of the molecule is CN1C[C@H]2CN(CCn3cnnc3)C[C@@]2(C(=O)O)C1. The molecule has 0 aromatic carbocycles. The van der Waals surface area contributed by atoms with E-state index in [0.29, 0.717) is 13.1 Å². The molecular formula is C12H19N5O2. The van der Waals surface area contributed by atoms with Gasteiger partial charge in [0.1, 0.15) is 12.7 Å². The number of aliphatic carboxylic acids is 1. The lowest BCUT2D eigenvalue weighted by atomic mass is 9.81. The molecule has 104 valence electrons. The van der Waals surface area contributed by atoms with Crippen molar-refractivity contribution in [3.63, 3.8) is 0 Å². The second kappa shape index (κ2) is 4.57. The Labute approximate surface area is 111 Å². The molecule has 3 heterocycles. The molecule has 2 saturated heterocycles. The Balaban J connectivity index is 1.64. The van der Waals surface area contributed by atoms with E-state index >= 15 is 0 Å². The maximum Gasteiger partial charge on any atom is 0.312 e. The Morgan fingerprint density at radius 3 is 2.68 bits per heavy atom. The second-order valence-corrected chi connectivity index (χ2v) is 5.79. The third kappa shape index (κ3) is 2.12. The fourth-order valence-corrected chi connectivity index (χ4v) is 3.49. The van der Waals surface area contributed by atoms with Crippen molar-refractivity contribution in [2.24, 2.45) is 11.3 Å². The van der Waals surface area contributed by atoms with Crippen molar-refractivity contribution in [3.05, 3.63) is 12.7 Å². The summed E-state index contributed by atoms with van der Waals surface area (Å²) in [4.78, 5) is 16.0. The van der Waals surface area contributed by atoms with E-state index in [-0.39, 0.29) is 5.92 Å². The van der Waals surface area contributed by atoms with Gasteiger partial charge in [-0.1, -0.05) is 0 Å². The van der Waals surface area contributed by atoms with Crippen LogP contribution in [0.15, 0.2) is 12.7 Å². The van der Waals surface area contributed by atoms with Gasteiger partial charge in [-0.15, -0.1) is 10.2 Å². The smallest absolute Gasteiger partial charge is 0.312 e. The standard InChI is InChI=1S/C12H19N5O2/c1-15-4-10-5-16(2-3-17-8-13-14-9-17)7-12(10,6-15)11(18)19/h8-10H,2-7H2,1H3,(H,18,19)/t10-,12-/m0/s1. The summed E-state index contributed by atoms with van der Waals surface area (Å²) in [6.07, 6.45) is 3.38. The number of hydrogen-bond acceptors (Lipinski definition) is 5. The van der Waals surface area contributed by atoms with Gasteiger partial charge < -0.3 is 14.6 Å². The Morgan fingerprint density at radius 2 is 2.05 bits per heavy atom. The van der Waals surface area contributed by atoms with Gasteiger partial charge in [0.15, 0.2) is 0 Å². The molecule has 7 heteroatoms. The predicted octanol–water partition coefficient (Wildman–Crippen LogP) is -0.774. The Morgan fingerprint density at radius 1 is 1.32 bits per heavy atom. The zero-order chi connectivity index (χ0) is 13.5. The summed E-state index contributed by atoms with van der Waals surface area (Å²) < 4.78 is 1.92. The second-order valence-electron chi connectivity index (χ2n) is 5.79. The molecule has 1 N–H and O–H groups in total. The van der Waals surface area contributed by atoms with Crippen LogP contribution in [0.5, 0.6) is 0 Å². The van der Waals surface area contributed by atoms with Gasteiger partial charge in [0.2, 0.25) is 0 Å². The van der Waals surface area contributed by atoms with Gasteiger partial charge in [-0.25, -0.2) is 0 Å². The van der Waals surface area contributed by atoms with E-state index < -0.39 is 11.4 Å². The number of carboxylic acid groups (broad SMARTS) is 1. The fraction of sp³-hybridized carbons (Fsp3) is 0.750. The molecule has 3 rings (SSSR count). The molecule has 0 amide bonds. The number of carboxylic acids is 1. The van der Waals surface area contributed by atoms with E-state index in [9.17, 15) is 9.90 Å². The molecule has 2 fully saturated rings. The van der Waals surface area contributed by atoms with Crippen LogP contribution in [-0.2, 0) is 11.3 Å². The van der Waals surface area contributed by atoms with Crippen molar-refractivity contribution >= 4 is 5.97 Å². The molecule has 0 unspecified atom stereocenters. The molecular weight excluding hydrogens is 246 g/mol. The average molecular weight is 265 g/mol. The van der Waals surface area contributed by atoms with Crippen LogP contribution in [0.2, 0.25) is 0 Å². The summed E-state index contributed by atoms with van der Waals surface area (Å²) in [6.45, 7) is 4.74. The lowest BCUT2D eigenvalue weighted by Gasteiger charge is -2.24. The largest absolute Gasteiger partial charge is 0.481 e. The highest BCUT2D eigenvalue weighted by Gasteiger charge is 2.56. The Kier molecular flexibility index (Phi) is 3.02. The molecule has 19 heavy (non-hydrogen) atoms. The van der Waals surface area contributed by atoms with Crippen molar-refractivity contribution in [2.45, 2.75) is 6.54 Å². The molecule has 2 aliphatic rings. The van der Waals surface area contributed by atoms with E-state index in [4.69, 9.17) is 0 Å². The molecule has 1 aromatic rings. The van der Waals surface area contributed by atoms with Gasteiger partial charge in [0.25, 0.3) is 0 Å². The Bertz CT molecular complexity index is 463. The first-order chi connectivity index (χ1) is 9.10. The van der Waals surface area contributed by atoms with Gasteiger partial charge >= 0.3 is 5.97 Å². The molecule has 0 aliphatic carbocycles. The number of hydrogen-bond donors (Lipinski definition) is 1. The number of carbonyl (C=O) groups is 1. The van der Waals surface area contributed by atoms with Gasteiger partial charge in [-0.3, -0.25) is 9.69 Å². The van der Waals surface area contributed by atoms with Crippen molar-refractivity contribution in [2.75, 3.05) is 39.8 Å². The molecule has 2 aliphatic heterocycles. The summed E-state index contributed by atoms with van der Waals surface area (Å²) in [5, 5.41) is 17.1. The first kappa shape index (κ1) is 12.6. The lowest BCUT2D eigenvalue weighted by Crippen LogP contribution is -2.40. The van der Waals surface area contributed by atoms with Gasteiger partial charge in [0, 0.05) is 45.2 Å². The molecule has 7 nitrogen and oxygen atoms in total. The minimum Gasteiger partial charge on any atom is -0.481 e. The van der Waals surface area contributed by atoms with Crippen LogP contribution in [0.25, 0.3) is 0 Å².